The molecule has 0 unspecified atom stereocenters. The average molecular weight is 434 g/mol. The van der Waals surface area contributed by atoms with E-state index >= 15 is 0 Å². The zero-order valence-electron chi connectivity index (χ0n) is 17.1. The molecular formula is C24H20ClN3O3. The largest absolute Gasteiger partial charge is 0.485 e. The average Bonchev–Trinajstić information content (AvgIpc) is 3.40. The van der Waals surface area contributed by atoms with Gasteiger partial charge in [0, 0.05) is 11.6 Å². The highest BCUT2D eigenvalue weighted by Crippen LogP contribution is 2.28. The second-order valence-electron chi connectivity index (χ2n) is 7.08. The minimum Gasteiger partial charge on any atom is -0.485 e. The summed E-state index contributed by atoms with van der Waals surface area (Å²) in [4.78, 5) is 4.23. The Kier molecular flexibility index (Phi) is 5.96. The molecule has 0 amide bonds. The molecule has 0 saturated heterocycles. The van der Waals surface area contributed by atoms with E-state index in [9.17, 15) is 5.26 Å². The SMILES string of the molecule is Cc1ccc(C)c(OCc2ccc(-c3nc(C#N)c(NCc4ccccc4Cl)o3)o2)c1. The molecule has 0 atom stereocenters. The Balaban J connectivity index is 1.46. The van der Waals surface area contributed by atoms with Crippen molar-refractivity contribution in [3.8, 4) is 23.5 Å². The van der Waals surface area contributed by atoms with Crippen molar-refractivity contribution < 1.29 is 13.6 Å². The van der Waals surface area contributed by atoms with Crippen LogP contribution in [0.5, 0.6) is 5.75 Å². The van der Waals surface area contributed by atoms with Crippen molar-refractivity contribution in [1.82, 2.24) is 4.98 Å². The van der Waals surface area contributed by atoms with E-state index in [1.807, 2.05) is 56.3 Å². The number of rotatable bonds is 7. The van der Waals surface area contributed by atoms with Crippen LogP contribution in [0.3, 0.4) is 0 Å². The highest BCUT2D eigenvalue weighted by molar-refractivity contribution is 6.31. The van der Waals surface area contributed by atoms with Crippen molar-refractivity contribution >= 4 is 17.5 Å². The van der Waals surface area contributed by atoms with Gasteiger partial charge in [0.15, 0.2) is 5.76 Å². The monoisotopic (exact) mass is 433 g/mol. The predicted molar refractivity (Wildman–Crippen MR) is 118 cm³/mol. The number of anilines is 1. The zero-order chi connectivity index (χ0) is 21.8. The summed E-state index contributed by atoms with van der Waals surface area (Å²) in [6, 6.07) is 19.1. The van der Waals surface area contributed by atoms with Crippen molar-refractivity contribution in [2.45, 2.75) is 27.0 Å². The lowest BCUT2D eigenvalue weighted by Gasteiger charge is -2.08. The summed E-state index contributed by atoms with van der Waals surface area (Å²) >= 11 is 6.18. The molecule has 6 nitrogen and oxygen atoms in total. The third-order valence-corrected chi connectivity index (χ3v) is 5.09. The van der Waals surface area contributed by atoms with Crippen LogP contribution in [-0.2, 0) is 13.2 Å². The number of aromatic nitrogens is 1. The van der Waals surface area contributed by atoms with Crippen LogP contribution in [0, 0.1) is 25.2 Å². The van der Waals surface area contributed by atoms with Gasteiger partial charge in [0.25, 0.3) is 5.89 Å². The van der Waals surface area contributed by atoms with Crippen LogP contribution in [0.25, 0.3) is 11.7 Å². The van der Waals surface area contributed by atoms with Gasteiger partial charge >= 0.3 is 0 Å². The number of halogens is 1. The molecule has 4 rings (SSSR count). The first-order valence-electron chi connectivity index (χ1n) is 9.71. The van der Waals surface area contributed by atoms with E-state index in [-0.39, 0.29) is 24.1 Å². The summed E-state index contributed by atoms with van der Waals surface area (Å²) in [6.45, 7) is 4.68. The Labute approximate surface area is 185 Å². The smallest absolute Gasteiger partial charge is 0.266 e. The molecule has 31 heavy (non-hydrogen) atoms. The molecule has 0 aliphatic carbocycles. The van der Waals surface area contributed by atoms with E-state index in [2.05, 4.69) is 10.3 Å². The standard InChI is InChI=1S/C24H20ClN3O3/c1-15-7-8-16(2)22(11-15)29-14-18-9-10-21(30-18)24-28-20(12-26)23(31-24)27-13-17-5-3-4-6-19(17)25/h3-11,27H,13-14H2,1-2H3. The Morgan fingerprint density at radius 3 is 2.74 bits per heavy atom. The molecule has 0 aliphatic rings. The van der Waals surface area contributed by atoms with Crippen molar-refractivity contribution in [2.75, 3.05) is 5.32 Å². The number of hydrogen-bond donors (Lipinski definition) is 1. The minimum atomic E-state index is 0.145. The molecule has 2 aromatic carbocycles. The zero-order valence-corrected chi connectivity index (χ0v) is 17.9. The lowest BCUT2D eigenvalue weighted by molar-refractivity contribution is 0.269. The molecule has 2 aromatic heterocycles. The van der Waals surface area contributed by atoms with Crippen molar-refractivity contribution in [3.05, 3.63) is 87.8 Å². The van der Waals surface area contributed by atoms with Gasteiger partial charge in [0.1, 0.15) is 24.2 Å². The van der Waals surface area contributed by atoms with Gasteiger partial charge in [-0.2, -0.15) is 10.2 Å². The van der Waals surface area contributed by atoms with E-state index in [0.29, 0.717) is 23.1 Å². The van der Waals surface area contributed by atoms with Gasteiger partial charge in [0.2, 0.25) is 11.6 Å². The highest BCUT2D eigenvalue weighted by atomic mass is 35.5. The summed E-state index contributed by atoms with van der Waals surface area (Å²) in [7, 11) is 0. The van der Waals surface area contributed by atoms with Crippen LogP contribution in [0.4, 0.5) is 5.88 Å². The summed E-state index contributed by atoms with van der Waals surface area (Å²) in [5, 5.41) is 13.1. The summed E-state index contributed by atoms with van der Waals surface area (Å²) < 4.78 is 17.4. The maximum absolute atomic E-state index is 9.41. The van der Waals surface area contributed by atoms with Gasteiger partial charge in [-0.1, -0.05) is 41.9 Å². The highest BCUT2D eigenvalue weighted by Gasteiger charge is 2.18. The number of nitriles is 1. The topological polar surface area (TPSA) is 84.2 Å². The minimum absolute atomic E-state index is 0.145. The predicted octanol–water partition coefficient (Wildman–Crippen LogP) is 6.27. The number of aryl methyl sites for hydroxylation is 2. The van der Waals surface area contributed by atoms with Crippen LogP contribution in [0.1, 0.15) is 28.1 Å². The van der Waals surface area contributed by atoms with Gasteiger partial charge < -0.3 is 18.9 Å². The molecule has 0 fully saturated rings. The van der Waals surface area contributed by atoms with Crippen LogP contribution in [-0.4, -0.2) is 4.98 Å². The Morgan fingerprint density at radius 1 is 1.10 bits per heavy atom. The van der Waals surface area contributed by atoms with E-state index in [1.165, 1.54) is 0 Å². The van der Waals surface area contributed by atoms with E-state index < -0.39 is 0 Å². The first-order chi connectivity index (χ1) is 15.0. The van der Waals surface area contributed by atoms with E-state index in [0.717, 1.165) is 22.4 Å². The third-order valence-electron chi connectivity index (χ3n) is 4.72. The quantitative estimate of drug-likeness (QED) is 0.370. The molecule has 0 radical (unpaired) electrons. The Morgan fingerprint density at radius 2 is 1.94 bits per heavy atom. The van der Waals surface area contributed by atoms with Crippen LogP contribution in [0.15, 0.2) is 63.4 Å². The second kappa shape index (κ2) is 8.99. The first-order valence-corrected chi connectivity index (χ1v) is 10.1. The van der Waals surface area contributed by atoms with Crippen LogP contribution >= 0.6 is 11.6 Å². The van der Waals surface area contributed by atoms with Gasteiger partial charge in [0.05, 0.1) is 0 Å². The fourth-order valence-electron chi connectivity index (χ4n) is 3.02. The number of nitrogens with zero attached hydrogens (tertiary/aromatic N) is 2. The summed E-state index contributed by atoms with van der Waals surface area (Å²) in [6.07, 6.45) is 0. The van der Waals surface area contributed by atoms with Crippen molar-refractivity contribution in [3.63, 3.8) is 0 Å². The van der Waals surface area contributed by atoms with Crippen LogP contribution < -0.4 is 10.1 Å². The van der Waals surface area contributed by atoms with Crippen molar-refractivity contribution in [2.24, 2.45) is 0 Å². The van der Waals surface area contributed by atoms with Gasteiger partial charge in [-0.25, -0.2) is 0 Å². The molecular weight excluding hydrogens is 414 g/mol. The van der Waals surface area contributed by atoms with Gasteiger partial charge in [-0.3, -0.25) is 0 Å². The lowest BCUT2D eigenvalue weighted by atomic mass is 10.1. The van der Waals surface area contributed by atoms with Crippen LogP contribution in [0.2, 0.25) is 5.02 Å². The first kappa shape index (κ1) is 20.6. The fraction of sp³-hybridized carbons (Fsp3) is 0.167. The van der Waals surface area contributed by atoms with E-state index in [1.54, 1.807) is 18.2 Å². The number of furan rings is 1. The van der Waals surface area contributed by atoms with Gasteiger partial charge in [-0.05, 0) is 54.8 Å². The molecule has 0 saturated carbocycles. The number of ether oxygens (including phenoxy) is 1. The number of benzene rings is 2. The van der Waals surface area contributed by atoms with E-state index in [4.69, 9.17) is 25.2 Å². The molecule has 0 aliphatic heterocycles. The van der Waals surface area contributed by atoms with Crippen molar-refractivity contribution in [1.29, 1.82) is 5.26 Å². The molecule has 0 spiro atoms. The molecule has 0 bridgehead atoms. The summed E-state index contributed by atoms with van der Waals surface area (Å²) in [5.41, 5.74) is 3.21. The third kappa shape index (κ3) is 4.73. The normalized spacial score (nSPS) is 10.6. The second-order valence-corrected chi connectivity index (χ2v) is 7.48. The number of oxazole rings is 1. The molecule has 1 N–H and O–H groups in total. The molecule has 7 heteroatoms. The molecule has 4 aromatic rings. The lowest BCUT2D eigenvalue weighted by Crippen LogP contribution is -2.00. The maximum atomic E-state index is 9.41. The number of nitrogens with one attached hydrogen (secondary N) is 1. The fourth-order valence-corrected chi connectivity index (χ4v) is 3.22. The summed E-state index contributed by atoms with van der Waals surface area (Å²) in [5.74, 6) is 2.34. The number of hydrogen-bond acceptors (Lipinski definition) is 6. The Hall–Kier alpha value is -3.69. The Bertz CT molecular complexity index is 1250. The molecule has 2 heterocycles. The molecule has 156 valence electrons. The van der Waals surface area contributed by atoms with Gasteiger partial charge in [-0.15, -0.1) is 0 Å². The maximum Gasteiger partial charge on any atom is 0.266 e.